The van der Waals surface area contributed by atoms with Gasteiger partial charge in [-0.1, -0.05) is 12.8 Å². The molecule has 2 unspecified atom stereocenters. The van der Waals surface area contributed by atoms with E-state index < -0.39 is 11.9 Å². The van der Waals surface area contributed by atoms with Crippen molar-refractivity contribution in [1.82, 2.24) is 5.32 Å². The van der Waals surface area contributed by atoms with Crippen LogP contribution in [0.5, 0.6) is 0 Å². The van der Waals surface area contributed by atoms with E-state index >= 15 is 0 Å². The molecule has 0 aliphatic heterocycles. The number of carbonyl (C=O) groups is 2. The minimum Gasteiger partial charge on any atom is -0.481 e. The van der Waals surface area contributed by atoms with E-state index in [0.29, 0.717) is 18.8 Å². The number of hydrogen-bond acceptors (Lipinski definition) is 2. The highest BCUT2D eigenvalue weighted by Gasteiger charge is 2.42. The molecule has 2 atom stereocenters. The third-order valence-electron chi connectivity index (χ3n) is 4.46. The molecule has 2 saturated carbocycles. The van der Waals surface area contributed by atoms with Gasteiger partial charge in [-0.2, -0.15) is 0 Å². The number of carbonyl (C=O) groups excluding carboxylic acids is 1. The molecule has 2 aliphatic rings. The molecule has 1 amide bonds. The van der Waals surface area contributed by atoms with E-state index in [9.17, 15) is 14.7 Å². The first-order valence-electron chi connectivity index (χ1n) is 6.96. The van der Waals surface area contributed by atoms with E-state index in [-0.39, 0.29) is 17.4 Å². The Morgan fingerprint density at radius 3 is 2.11 bits per heavy atom. The van der Waals surface area contributed by atoms with Crippen LogP contribution in [0.2, 0.25) is 0 Å². The number of carboxylic acid groups (broad SMARTS) is 1. The molecule has 0 aromatic carbocycles. The van der Waals surface area contributed by atoms with Crippen molar-refractivity contribution in [2.45, 2.75) is 57.9 Å². The van der Waals surface area contributed by atoms with Crippen molar-refractivity contribution in [3.63, 3.8) is 0 Å². The Kier molecular flexibility index (Phi) is 3.64. The zero-order chi connectivity index (χ0) is 13.3. The average Bonchev–Trinajstić information content (AvgIpc) is 3.12. The second kappa shape index (κ2) is 4.90. The minimum atomic E-state index is -0.820. The van der Waals surface area contributed by atoms with Crippen LogP contribution in [0.4, 0.5) is 0 Å². The molecule has 2 rings (SSSR count). The monoisotopic (exact) mass is 253 g/mol. The number of rotatable bonds is 4. The van der Waals surface area contributed by atoms with Gasteiger partial charge < -0.3 is 10.4 Å². The maximum atomic E-state index is 12.3. The summed E-state index contributed by atoms with van der Waals surface area (Å²) in [4.78, 5) is 23.5. The van der Waals surface area contributed by atoms with E-state index in [1.807, 2.05) is 13.8 Å². The van der Waals surface area contributed by atoms with Crippen LogP contribution in [0.25, 0.3) is 0 Å². The van der Waals surface area contributed by atoms with Crippen LogP contribution in [0.1, 0.15) is 52.4 Å². The second-order valence-corrected chi connectivity index (χ2v) is 6.32. The summed E-state index contributed by atoms with van der Waals surface area (Å²) in [7, 11) is 0. The molecule has 4 heteroatoms. The number of hydrogen-bond donors (Lipinski definition) is 2. The molecule has 2 N–H and O–H groups in total. The number of aliphatic carboxylic acids is 1. The van der Waals surface area contributed by atoms with Crippen LogP contribution >= 0.6 is 0 Å². The van der Waals surface area contributed by atoms with Crippen LogP contribution < -0.4 is 5.32 Å². The molecule has 0 aromatic heterocycles. The van der Waals surface area contributed by atoms with Gasteiger partial charge in [-0.15, -0.1) is 0 Å². The molecular weight excluding hydrogens is 230 g/mol. The molecular formula is C14H23NO3. The predicted molar refractivity (Wildman–Crippen MR) is 68.0 cm³/mol. The first-order chi connectivity index (χ1) is 8.42. The molecule has 18 heavy (non-hydrogen) atoms. The number of carboxylic acids is 1. The molecule has 2 fully saturated rings. The van der Waals surface area contributed by atoms with Gasteiger partial charge >= 0.3 is 5.97 Å². The summed E-state index contributed by atoms with van der Waals surface area (Å²) in [5.74, 6) is -1.14. The summed E-state index contributed by atoms with van der Waals surface area (Å²) < 4.78 is 0. The topological polar surface area (TPSA) is 66.4 Å². The normalized spacial score (nSPS) is 28.8. The smallest absolute Gasteiger partial charge is 0.307 e. The van der Waals surface area contributed by atoms with Crippen molar-refractivity contribution < 1.29 is 14.7 Å². The Morgan fingerprint density at radius 1 is 1.06 bits per heavy atom. The first-order valence-corrected chi connectivity index (χ1v) is 6.96. The second-order valence-electron chi connectivity index (χ2n) is 6.32. The highest BCUT2D eigenvalue weighted by molar-refractivity contribution is 5.85. The minimum absolute atomic E-state index is 0.0565. The van der Waals surface area contributed by atoms with Gasteiger partial charge in [0.15, 0.2) is 0 Å². The quantitative estimate of drug-likeness (QED) is 0.807. The van der Waals surface area contributed by atoms with Gasteiger partial charge in [0.25, 0.3) is 0 Å². The lowest BCUT2D eigenvalue weighted by molar-refractivity contribution is -0.149. The van der Waals surface area contributed by atoms with E-state index in [1.54, 1.807) is 0 Å². The van der Waals surface area contributed by atoms with Crippen molar-refractivity contribution in [3.8, 4) is 0 Å². The molecule has 0 spiro atoms. The van der Waals surface area contributed by atoms with Crippen molar-refractivity contribution in [3.05, 3.63) is 0 Å². The van der Waals surface area contributed by atoms with Crippen LogP contribution in [0.3, 0.4) is 0 Å². The van der Waals surface area contributed by atoms with Gasteiger partial charge in [0, 0.05) is 5.54 Å². The van der Waals surface area contributed by atoms with Crippen molar-refractivity contribution in [2.24, 2.45) is 17.8 Å². The van der Waals surface area contributed by atoms with E-state index in [1.165, 1.54) is 12.8 Å². The van der Waals surface area contributed by atoms with E-state index in [0.717, 1.165) is 12.8 Å². The zero-order valence-corrected chi connectivity index (χ0v) is 11.2. The zero-order valence-electron chi connectivity index (χ0n) is 11.2. The molecule has 2 aliphatic carbocycles. The summed E-state index contributed by atoms with van der Waals surface area (Å²) >= 11 is 0. The Bertz CT molecular complexity index is 347. The lowest BCUT2D eigenvalue weighted by Gasteiger charge is -2.32. The number of amides is 1. The van der Waals surface area contributed by atoms with Crippen LogP contribution in [0, 0.1) is 17.8 Å². The summed E-state index contributed by atoms with van der Waals surface area (Å²) in [6, 6.07) is 0. The SMILES string of the molecule is CC(C)(NC(=O)C1CCCCC1C(=O)O)C1CC1. The molecule has 0 aromatic rings. The molecule has 0 heterocycles. The Morgan fingerprint density at radius 2 is 1.61 bits per heavy atom. The third kappa shape index (κ3) is 2.85. The van der Waals surface area contributed by atoms with Gasteiger partial charge in [0.2, 0.25) is 5.91 Å². The van der Waals surface area contributed by atoms with Gasteiger partial charge in [-0.05, 0) is 45.4 Å². The van der Waals surface area contributed by atoms with Gasteiger partial charge in [-0.25, -0.2) is 0 Å². The molecule has 0 saturated heterocycles. The lowest BCUT2D eigenvalue weighted by Crippen LogP contribution is -2.50. The van der Waals surface area contributed by atoms with Crippen LogP contribution in [0.15, 0.2) is 0 Å². The average molecular weight is 253 g/mol. The van der Waals surface area contributed by atoms with E-state index in [2.05, 4.69) is 5.32 Å². The van der Waals surface area contributed by atoms with E-state index in [4.69, 9.17) is 0 Å². The number of nitrogens with one attached hydrogen (secondary N) is 1. The maximum absolute atomic E-state index is 12.3. The third-order valence-corrected chi connectivity index (χ3v) is 4.46. The Labute approximate surface area is 108 Å². The fourth-order valence-electron chi connectivity index (χ4n) is 3.06. The highest BCUT2D eigenvalue weighted by atomic mass is 16.4. The van der Waals surface area contributed by atoms with Crippen molar-refractivity contribution in [1.29, 1.82) is 0 Å². The lowest BCUT2D eigenvalue weighted by atomic mass is 9.78. The molecule has 0 radical (unpaired) electrons. The molecule has 4 nitrogen and oxygen atoms in total. The highest BCUT2D eigenvalue weighted by Crippen LogP contribution is 2.40. The van der Waals surface area contributed by atoms with Gasteiger partial charge in [0.1, 0.15) is 0 Å². The first kappa shape index (κ1) is 13.4. The standard InChI is InChI=1S/C14H23NO3/c1-14(2,9-7-8-9)15-12(16)10-5-3-4-6-11(10)13(17)18/h9-11H,3-8H2,1-2H3,(H,15,16)(H,17,18). The Balaban J connectivity index is 1.99. The summed E-state index contributed by atoms with van der Waals surface area (Å²) in [5.41, 5.74) is -0.183. The summed E-state index contributed by atoms with van der Waals surface area (Å²) in [5, 5.41) is 12.3. The van der Waals surface area contributed by atoms with Crippen molar-refractivity contribution >= 4 is 11.9 Å². The summed E-state index contributed by atoms with van der Waals surface area (Å²) in [6.45, 7) is 4.09. The molecule has 102 valence electrons. The summed E-state index contributed by atoms with van der Waals surface area (Å²) in [6.07, 6.45) is 5.57. The maximum Gasteiger partial charge on any atom is 0.307 e. The molecule has 0 bridgehead atoms. The van der Waals surface area contributed by atoms with Crippen LogP contribution in [-0.2, 0) is 9.59 Å². The van der Waals surface area contributed by atoms with Crippen LogP contribution in [-0.4, -0.2) is 22.5 Å². The van der Waals surface area contributed by atoms with Gasteiger partial charge in [-0.3, -0.25) is 9.59 Å². The largest absolute Gasteiger partial charge is 0.481 e. The fraction of sp³-hybridized carbons (Fsp3) is 0.857. The Hall–Kier alpha value is -1.06. The fourth-order valence-corrected chi connectivity index (χ4v) is 3.06. The van der Waals surface area contributed by atoms with Gasteiger partial charge in [0.05, 0.1) is 11.8 Å². The predicted octanol–water partition coefficient (Wildman–Crippen LogP) is 2.18. The van der Waals surface area contributed by atoms with Crippen molar-refractivity contribution in [2.75, 3.05) is 0 Å².